The number of nitrogens with one attached hydrogen (secondary N) is 2. The summed E-state index contributed by atoms with van der Waals surface area (Å²) in [5.74, 6) is -0.402. The van der Waals surface area contributed by atoms with Crippen molar-refractivity contribution in [2.24, 2.45) is 0 Å². The van der Waals surface area contributed by atoms with Crippen LogP contribution < -0.4 is 10.9 Å². The van der Waals surface area contributed by atoms with Gasteiger partial charge < -0.3 is 19.9 Å². The first kappa shape index (κ1) is 16.0. The summed E-state index contributed by atoms with van der Waals surface area (Å²) in [7, 11) is 2.05. The zero-order valence-electron chi connectivity index (χ0n) is 12.2. The summed E-state index contributed by atoms with van der Waals surface area (Å²) in [6.07, 6.45) is 3.97. The van der Waals surface area contributed by atoms with Gasteiger partial charge in [0.2, 0.25) is 0 Å². The van der Waals surface area contributed by atoms with E-state index in [0.717, 1.165) is 26.1 Å². The van der Waals surface area contributed by atoms with Gasteiger partial charge in [0.1, 0.15) is 5.56 Å². The van der Waals surface area contributed by atoms with E-state index in [4.69, 9.17) is 4.74 Å². The molecule has 0 aliphatic carbocycles. The highest BCUT2D eigenvalue weighted by atomic mass is 32.2. The number of aromatic nitrogens is 2. The van der Waals surface area contributed by atoms with Gasteiger partial charge >= 0.3 is 0 Å². The molecular formula is C13H20N4O3S. The topological polar surface area (TPSA) is 87.3 Å². The van der Waals surface area contributed by atoms with Gasteiger partial charge in [0, 0.05) is 25.8 Å². The molecule has 2 N–H and O–H groups in total. The summed E-state index contributed by atoms with van der Waals surface area (Å²) in [5, 5.41) is 3.23. The van der Waals surface area contributed by atoms with E-state index in [1.807, 2.05) is 7.05 Å². The number of carbonyl (C=O) groups excluding carboxylic acids is 1. The number of thioether (sulfide) groups is 1. The summed E-state index contributed by atoms with van der Waals surface area (Å²) >= 11 is 1.32. The molecule has 1 atom stereocenters. The fraction of sp³-hybridized carbons (Fsp3) is 0.615. The molecule has 1 unspecified atom stereocenters. The van der Waals surface area contributed by atoms with Crippen LogP contribution in [0.25, 0.3) is 0 Å². The van der Waals surface area contributed by atoms with Crippen LogP contribution in [0.5, 0.6) is 0 Å². The maximum Gasteiger partial charge on any atom is 0.264 e. The first-order valence-corrected chi connectivity index (χ1v) is 8.04. The van der Waals surface area contributed by atoms with Crippen LogP contribution in [0.4, 0.5) is 0 Å². The van der Waals surface area contributed by atoms with Crippen molar-refractivity contribution in [3.8, 4) is 0 Å². The summed E-state index contributed by atoms with van der Waals surface area (Å²) < 4.78 is 5.61. The third kappa shape index (κ3) is 4.55. The van der Waals surface area contributed by atoms with Crippen molar-refractivity contribution in [2.45, 2.75) is 17.7 Å². The Morgan fingerprint density at radius 1 is 1.67 bits per heavy atom. The molecule has 0 spiro atoms. The second-order valence-corrected chi connectivity index (χ2v) is 5.73. The monoisotopic (exact) mass is 312 g/mol. The molecule has 1 aliphatic rings. The van der Waals surface area contributed by atoms with Crippen LogP contribution >= 0.6 is 11.8 Å². The fourth-order valence-electron chi connectivity index (χ4n) is 2.13. The van der Waals surface area contributed by atoms with E-state index in [-0.39, 0.29) is 11.7 Å². The molecule has 1 aromatic heterocycles. The molecule has 0 radical (unpaired) electrons. The molecular weight excluding hydrogens is 292 g/mol. The minimum Gasteiger partial charge on any atom is -0.375 e. The third-order valence-corrected chi connectivity index (χ3v) is 3.90. The number of H-pyrrole nitrogens is 1. The van der Waals surface area contributed by atoms with Gasteiger partial charge in [0.05, 0.1) is 12.7 Å². The van der Waals surface area contributed by atoms with E-state index >= 15 is 0 Å². The lowest BCUT2D eigenvalue weighted by molar-refractivity contribution is -0.0226. The fourth-order valence-corrected chi connectivity index (χ4v) is 2.48. The van der Waals surface area contributed by atoms with Crippen molar-refractivity contribution >= 4 is 17.7 Å². The molecule has 21 heavy (non-hydrogen) atoms. The summed E-state index contributed by atoms with van der Waals surface area (Å²) in [5.41, 5.74) is -0.380. The summed E-state index contributed by atoms with van der Waals surface area (Å²) in [6.45, 7) is 2.99. The lowest BCUT2D eigenvalue weighted by atomic mass is 10.2. The largest absolute Gasteiger partial charge is 0.375 e. The molecule has 116 valence electrons. The van der Waals surface area contributed by atoms with Gasteiger partial charge in [-0.2, -0.15) is 0 Å². The van der Waals surface area contributed by atoms with Crippen LogP contribution in [0.3, 0.4) is 0 Å². The Hall–Kier alpha value is -1.38. The van der Waals surface area contributed by atoms with E-state index in [2.05, 4.69) is 20.2 Å². The summed E-state index contributed by atoms with van der Waals surface area (Å²) in [4.78, 5) is 32.4. The van der Waals surface area contributed by atoms with Gasteiger partial charge in [-0.1, -0.05) is 11.8 Å². The molecule has 2 rings (SSSR count). The number of aromatic amines is 1. The lowest BCUT2D eigenvalue weighted by Gasteiger charge is -2.30. The number of hydrogen-bond acceptors (Lipinski definition) is 6. The van der Waals surface area contributed by atoms with Gasteiger partial charge in [0.25, 0.3) is 11.5 Å². The third-order valence-electron chi connectivity index (χ3n) is 3.31. The van der Waals surface area contributed by atoms with Crippen LogP contribution in [-0.2, 0) is 4.74 Å². The minimum atomic E-state index is -0.416. The van der Waals surface area contributed by atoms with Gasteiger partial charge in [-0.05, 0) is 19.7 Å². The molecule has 2 heterocycles. The van der Waals surface area contributed by atoms with E-state index in [1.165, 1.54) is 18.0 Å². The Morgan fingerprint density at radius 3 is 3.14 bits per heavy atom. The predicted octanol–water partition coefficient (Wildman–Crippen LogP) is -0.0577. The zero-order valence-corrected chi connectivity index (χ0v) is 13.0. The average molecular weight is 312 g/mol. The molecule has 0 bridgehead atoms. The number of amides is 1. The first-order valence-electron chi connectivity index (χ1n) is 6.82. The Balaban J connectivity index is 1.83. The molecule has 0 aromatic carbocycles. The molecule has 1 amide bonds. The van der Waals surface area contributed by atoms with E-state index in [1.54, 1.807) is 6.26 Å². The maximum atomic E-state index is 11.9. The molecule has 7 nitrogen and oxygen atoms in total. The summed E-state index contributed by atoms with van der Waals surface area (Å²) in [6, 6.07) is 0. The first-order chi connectivity index (χ1) is 10.1. The smallest absolute Gasteiger partial charge is 0.264 e. The van der Waals surface area contributed by atoms with Crippen LogP contribution in [0, 0.1) is 0 Å². The normalized spacial score (nSPS) is 19.4. The Labute approximate surface area is 127 Å². The highest BCUT2D eigenvalue weighted by molar-refractivity contribution is 7.98. The van der Waals surface area contributed by atoms with Crippen molar-refractivity contribution < 1.29 is 9.53 Å². The van der Waals surface area contributed by atoms with Gasteiger partial charge in [-0.15, -0.1) is 0 Å². The molecule has 1 fully saturated rings. The lowest BCUT2D eigenvalue weighted by Crippen LogP contribution is -2.41. The minimum absolute atomic E-state index is 0.0366. The predicted molar refractivity (Wildman–Crippen MR) is 80.8 cm³/mol. The molecule has 1 aliphatic heterocycles. The van der Waals surface area contributed by atoms with Crippen molar-refractivity contribution in [1.29, 1.82) is 0 Å². The number of ether oxygens (including phenoxy) is 1. The number of nitrogens with zero attached hydrogens (tertiary/aromatic N) is 2. The number of hydrogen-bond donors (Lipinski definition) is 2. The van der Waals surface area contributed by atoms with Crippen molar-refractivity contribution in [2.75, 3.05) is 39.5 Å². The van der Waals surface area contributed by atoms with Crippen molar-refractivity contribution in [3.05, 3.63) is 22.1 Å². The van der Waals surface area contributed by atoms with Crippen LogP contribution in [0.15, 0.2) is 16.1 Å². The molecule has 0 saturated carbocycles. The van der Waals surface area contributed by atoms with Gasteiger partial charge in [-0.25, -0.2) is 4.98 Å². The van der Waals surface area contributed by atoms with Gasteiger partial charge in [0.15, 0.2) is 5.16 Å². The quantitative estimate of drug-likeness (QED) is 0.585. The van der Waals surface area contributed by atoms with Crippen molar-refractivity contribution in [3.63, 3.8) is 0 Å². The maximum absolute atomic E-state index is 11.9. The Morgan fingerprint density at radius 2 is 2.48 bits per heavy atom. The van der Waals surface area contributed by atoms with Gasteiger partial charge in [-0.3, -0.25) is 9.59 Å². The number of rotatable bonds is 5. The number of likely N-dealkylation sites (N-methyl/N-ethyl adjacent to an activating group) is 1. The van der Waals surface area contributed by atoms with Crippen molar-refractivity contribution in [1.82, 2.24) is 20.2 Å². The number of morpholine rings is 1. The zero-order chi connectivity index (χ0) is 15.2. The standard InChI is InChI=1S/C13H20N4O3S/c1-17-5-6-20-9(8-17)3-4-14-11(18)10-7-15-13(21-2)16-12(10)19/h7,9H,3-6,8H2,1-2H3,(H,14,18)(H,15,16,19). The Bertz CT molecular complexity index is 548. The molecule has 8 heteroatoms. The van der Waals surface area contributed by atoms with E-state index in [9.17, 15) is 9.59 Å². The second kappa shape index (κ2) is 7.58. The van der Waals surface area contributed by atoms with Crippen LogP contribution in [0.2, 0.25) is 0 Å². The van der Waals surface area contributed by atoms with Crippen LogP contribution in [-0.4, -0.2) is 66.4 Å². The SMILES string of the molecule is CSc1ncc(C(=O)NCCC2CN(C)CCO2)c(=O)[nH]1. The molecule has 1 saturated heterocycles. The highest BCUT2D eigenvalue weighted by Gasteiger charge is 2.18. The van der Waals surface area contributed by atoms with E-state index < -0.39 is 11.5 Å². The second-order valence-electron chi connectivity index (χ2n) is 4.93. The van der Waals surface area contributed by atoms with E-state index in [0.29, 0.717) is 11.7 Å². The number of carbonyl (C=O) groups is 1. The molecule has 1 aromatic rings. The highest BCUT2D eigenvalue weighted by Crippen LogP contribution is 2.06. The van der Waals surface area contributed by atoms with Crippen LogP contribution in [0.1, 0.15) is 16.8 Å². The average Bonchev–Trinajstić information content (AvgIpc) is 2.47. The Kier molecular flexibility index (Phi) is 5.77.